The molecule has 98 valence electrons. The fourth-order valence-corrected chi connectivity index (χ4v) is 2.44. The zero-order valence-electron chi connectivity index (χ0n) is 10.3. The van der Waals surface area contributed by atoms with Gasteiger partial charge in [-0.1, -0.05) is 13.8 Å². The second-order valence-corrected chi connectivity index (χ2v) is 4.92. The largest absolute Gasteiger partial charge is 0.481 e. The molecule has 0 radical (unpaired) electrons. The van der Waals surface area contributed by atoms with Crippen molar-refractivity contribution in [1.29, 1.82) is 0 Å². The molecule has 1 aliphatic rings. The molecule has 3 unspecified atom stereocenters. The molecule has 0 aliphatic heterocycles. The van der Waals surface area contributed by atoms with Crippen molar-refractivity contribution < 1.29 is 19.8 Å². The van der Waals surface area contributed by atoms with Gasteiger partial charge in [0.15, 0.2) is 0 Å². The Morgan fingerprint density at radius 1 is 1.35 bits per heavy atom. The third-order valence-corrected chi connectivity index (χ3v) is 3.51. The first-order valence-electron chi connectivity index (χ1n) is 6.13. The minimum atomic E-state index is -0.897. The Morgan fingerprint density at radius 3 is 2.41 bits per heavy atom. The summed E-state index contributed by atoms with van der Waals surface area (Å²) < 4.78 is 0. The van der Waals surface area contributed by atoms with E-state index in [1.807, 2.05) is 13.8 Å². The summed E-state index contributed by atoms with van der Waals surface area (Å²) in [5.41, 5.74) is 0. The van der Waals surface area contributed by atoms with Crippen LogP contribution >= 0.6 is 0 Å². The summed E-state index contributed by atoms with van der Waals surface area (Å²) in [5.74, 6) is -1.90. The van der Waals surface area contributed by atoms with Crippen molar-refractivity contribution in [2.24, 2.45) is 17.8 Å². The smallest absolute Gasteiger partial charge is 0.307 e. The summed E-state index contributed by atoms with van der Waals surface area (Å²) in [7, 11) is 0. The molecule has 0 aromatic heterocycles. The molecule has 0 heterocycles. The highest BCUT2D eigenvalue weighted by molar-refractivity contribution is 5.85. The lowest BCUT2D eigenvalue weighted by Crippen LogP contribution is -2.42. The lowest BCUT2D eigenvalue weighted by Gasteiger charge is -2.20. The van der Waals surface area contributed by atoms with Gasteiger partial charge >= 0.3 is 5.97 Å². The second kappa shape index (κ2) is 6.00. The van der Waals surface area contributed by atoms with Crippen molar-refractivity contribution in [3.05, 3.63) is 0 Å². The Bertz CT molecular complexity index is 288. The molecule has 17 heavy (non-hydrogen) atoms. The zero-order valence-corrected chi connectivity index (χ0v) is 10.3. The van der Waals surface area contributed by atoms with Gasteiger partial charge in [0.05, 0.1) is 24.5 Å². The Labute approximate surface area is 101 Å². The predicted molar refractivity (Wildman–Crippen MR) is 62.3 cm³/mol. The minimum Gasteiger partial charge on any atom is -0.481 e. The number of nitrogens with one attached hydrogen (secondary N) is 1. The first kappa shape index (κ1) is 14.0. The van der Waals surface area contributed by atoms with Crippen LogP contribution in [0.25, 0.3) is 0 Å². The van der Waals surface area contributed by atoms with E-state index in [4.69, 9.17) is 10.2 Å². The second-order valence-electron chi connectivity index (χ2n) is 4.92. The number of carboxylic acids is 1. The molecular weight excluding hydrogens is 222 g/mol. The van der Waals surface area contributed by atoms with Crippen molar-refractivity contribution in [2.45, 2.75) is 39.2 Å². The standard InChI is InChI=1S/C12H21NO4/c1-3-8(6-14)13-11(15)9-4-7(2)5-10(9)12(16)17/h7-10,14H,3-6H2,1-2H3,(H,13,15)(H,16,17)/t7?,8-,9?,10?/m1/s1. The molecule has 5 nitrogen and oxygen atoms in total. The summed E-state index contributed by atoms with van der Waals surface area (Å²) in [4.78, 5) is 23.0. The number of hydrogen-bond acceptors (Lipinski definition) is 3. The van der Waals surface area contributed by atoms with Gasteiger partial charge in [-0.15, -0.1) is 0 Å². The van der Waals surface area contributed by atoms with E-state index in [0.29, 0.717) is 19.3 Å². The fourth-order valence-electron chi connectivity index (χ4n) is 2.44. The van der Waals surface area contributed by atoms with Gasteiger partial charge in [-0.2, -0.15) is 0 Å². The number of amides is 1. The van der Waals surface area contributed by atoms with Gasteiger partial charge < -0.3 is 15.5 Å². The molecule has 1 amide bonds. The van der Waals surface area contributed by atoms with Gasteiger partial charge in [0.1, 0.15) is 0 Å². The van der Waals surface area contributed by atoms with E-state index in [1.165, 1.54) is 0 Å². The Hall–Kier alpha value is -1.10. The molecule has 4 atom stereocenters. The average molecular weight is 243 g/mol. The Morgan fingerprint density at radius 2 is 1.94 bits per heavy atom. The monoisotopic (exact) mass is 243 g/mol. The van der Waals surface area contributed by atoms with E-state index in [-0.39, 0.29) is 24.5 Å². The molecule has 5 heteroatoms. The van der Waals surface area contributed by atoms with E-state index in [9.17, 15) is 9.59 Å². The van der Waals surface area contributed by atoms with E-state index in [1.54, 1.807) is 0 Å². The molecule has 0 bridgehead atoms. The van der Waals surface area contributed by atoms with Crippen molar-refractivity contribution >= 4 is 11.9 Å². The van der Waals surface area contributed by atoms with Crippen LogP contribution in [0.3, 0.4) is 0 Å². The summed E-state index contributed by atoms with van der Waals surface area (Å²) in [6.07, 6.45) is 1.82. The van der Waals surface area contributed by atoms with Crippen molar-refractivity contribution in [2.75, 3.05) is 6.61 Å². The third kappa shape index (κ3) is 3.43. The predicted octanol–water partition coefficient (Wildman–Crippen LogP) is 0.620. The Balaban J connectivity index is 2.64. The van der Waals surface area contributed by atoms with Crippen LogP contribution in [-0.2, 0) is 9.59 Å². The molecule has 0 spiro atoms. The molecule has 1 rings (SSSR count). The SMILES string of the molecule is CC[C@H](CO)NC(=O)C1CC(C)CC1C(=O)O. The van der Waals surface area contributed by atoms with Gasteiger partial charge in [-0.25, -0.2) is 0 Å². The number of carbonyl (C=O) groups excluding carboxylic acids is 1. The van der Waals surface area contributed by atoms with Gasteiger partial charge in [-0.3, -0.25) is 9.59 Å². The highest BCUT2D eigenvalue weighted by Crippen LogP contribution is 2.36. The maximum atomic E-state index is 11.9. The van der Waals surface area contributed by atoms with Crippen LogP contribution in [0.2, 0.25) is 0 Å². The normalized spacial score (nSPS) is 29.9. The Kier molecular flexibility index (Phi) is 4.93. The maximum absolute atomic E-state index is 11.9. The number of hydrogen-bond donors (Lipinski definition) is 3. The van der Waals surface area contributed by atoms with E-state index >= 15 is 0 Å². The minimum absolute atomic E-state index is 0.109. The van der Waals surface area contributed by atoms with Gasteiger partial charge in [0.2, 0.25) is 5.91 Å². The number of aliphatic hydroxyl groups excluding tert-OH is 1. The highest BCUT2D eigenvalue weighted by Gasteiger charge is 2.41. The molecule has 1 aliphatic carbocycles. The van der Waals surface area contributed by atoms with Crippen LogP contribution in [0.4, 0.5) is 0 Å². The van der Waals surface area contributed by atoms with Crippen LogP contribution in [0.5, 0.6) is 0 Å². The molecule has 1 saturated carbocycles. The molecule has 1 fully saturated rings. The first-order chi connectivity index (χ1) is 7.99. The highest BCUT2D eigenvalue weighted by atomic mass is 16.4. The third-order valence-electron chi connectivity index (χ3n) is 3.51. The first-order valence-corrected chi connectivity index (χ1v) is 6.13. The summed E-state index contributed by atoms with van der Waals surface area (Å²) in [5, 5.41) is 20.8. The summed E-state index contributed by atoms with van der Waals surface area (Å²) >= 11 is 0. The van der Waals surface area contributed by atoms with Crippen LogP contribution in [0.15, 0.2) is 0 Å². The number of carbonyl (C=O) groups is 2. The number of carboxylic acid groups (broad SMARTS) is 1. The molecular formula is C12H21NO4. The number of aliphatic carboxylic acids is 1. The number of aliphatic hydroxyl groups is 1. The topological polar surface area (TPSA) is 86.6 Å². The van der Waals surface area contributed by atoms with Crippen molar-refractivity contribution in [1.82, 2.24) is 5.32 Å². The summed E-state index contributed by atoms with van der Waals surface area (Å²) in [6, 6.07) is -0.271. The van der Waals surface area contributed by atoms with Crippen LogP contribution in [0, 0.1) is 17.8 Å². The fraction of sp³-hybridized carbons (Fsp3) is 0.833. The van der Waals surface area contributed by atoms with Crippen LogP contribution in [0.1, 0.15) is 33.1 Å². The molecule has 0 aromatic rings. The molecule has 0 aromatic carbocycles. The van der Waals surface area contributed by atoms with Gasteiger partial charge in [-0.05, 0) is 25.2 Å². The zero-order chi connectivity index (χ0) is 13.0. The summed E-state index contributed by atoms with van der Waals surface area (Å²) in [6.45, 7) is 3.72. The maximum Gasteiger partial charge on any atom is 0.307 e. The van der Waals surface area contributed by atoms with E-state index in [2.05, 4.69) is 5.32 Å². The molecule has 0 saturated heterocycles. The van der Waals surface area contributed by atoms with Crippen LogP contribution in [-0.4, -0.2) is 34.7 Å². The molecule has 3 N–H and O–H groups in total. The van der Waals surface area contributed by atoms with Gasteiger partial charge in [0.25, 0.3) is 0 Å². The lowest BCUT2D eigenvalue weighted by atomic mass is 9.95. The van der Waals surface area contributed by atoms with Crippen molar-refractivity contribution in [3.63, 3.8) is 0 Å². The van der Waals surface area contributed by atoms with Crippen LogP contribution < -0.4 is 5.32 Å². The average Bonchev–Trinajstić information content (AvgIpc) is 2.68. The quantitative estimate of drug-likeness (QED) is 0.660. The van der Waals surface area contributed by atoms with E-state index in [0.717, 1.165) is 0 Å². The van der Waals surface area contributed by atoms with E-state index < -0.39 is 17.8 Å². The van der Waals surface area contributed by atoms with Crippen molar-refractivity contribution in [3.8, 4) is 0 Å². The lowest BCUT2D eigenvalue weighted by molar-refractivity contribution is -0.146. The van der Waals surface area contributed by atoms with Gasteiger partial charge in [0, 0.05) is 0 Å². The number of rotatable bonds is 5.